The molecule has 74 valence electrons. The molecule has 8 heteroatoms. The first-order valence-corrected chi connectivity index (χ1v) is 4.40. The van der Waals surface area contributed by atoms with Gasteiger partial charge < -0.3 is 10.4 Å². The lowest BCUT2D eigenvalue weighted by Crippen LogP contribution is -2.26. The second kappa shape index (κ2) is 4.64. The highest BCUT2D eigenvalue weighted by Gasteiger charge is 2.17. The Labute approximate surface area is 81.9 Å². The molecule has 0 saturated heterocycles. The number of aliphatic hydroxyl groups is 1. The van der Waals surface area contributed by atoms with E-state index in [1.54, 1.807) is 0 Å². The normalized spacial score (nSPS) is 13.3. The summed E-state index contributed by atoms with van der Waals surface area (Å²) < 4.78 is 30.9. The van der Waals surface area contributed by atoms with Crippen LogP contribution < -0.4 is 5.32 Å². The molecule has 0 saturated carbocycles. The fourth-order valence-corrected chi connectivity index (χ4v) is 1.26. The number of aliphatic hydroxyl groups excluding tert-OH is 1. The molecule has 0 aliphatic carbocycles. The predicted molar refractivity (Wildman–Crippen MR) is 45.4 cm³/mol. The Morgan fingerprint density at radius 3 is 2.69 bits per heavy atom. The first-order chi connectivity index (χ1) is 6.11. The van der Waals surface area contributed by atoms with Crippen LogP contribution >= 0.6 is 23.3 Å². The Kier molecular flexibility index (Phi) is 3.76. The second-order valence-electron chi connectivity index (χ2n) is 2.19. The van der Waals surface area contributed by atoms with Crippen molar-refractivity contribution in [1.29, 1.82) is 0 Å². The summed E-state index contributed by atoms with van der Waals surface area (Å²) in [6, 6.07) is 0. The number of nitrogens with zero attached hydrogens (tertiary/aromatic N) is 2. The highest BCUT2D eigenvalue weighted by Crippen LogP contribution is 2.17. The number of hydrogen-bond acceptors (Lipinski definition) is 5. The standard InChI is InChI=1S/C5H6ClF2N3OS/c6-3-5(11-13-10-3)9-1-2(12)4(7)8/h2,4,12H,1H2,(H,9,11). The van der Waals surface area contributed by atoms with Crippen molar-refractivity contribution in [3.05, 3.63) is 5.15 Å². The van der Waals surface area contributed by atoms with E-state index in [0.717, 1.165) is 11.7 Å². The molecule has 1 heterocycles. The van der Waals surface area contributed by atoms with Crippen LogP contribution in [0.15, 0.2) is 0 Å². The number of alkyl halides is 2. The number of nitrogens with one attached hydrogen (secondary N) is 1. The van der Waals surface area contributed by atoms with Crippen molar-refractivity contribution in [1.82, 2.24) is 8.75 Å². The van der Waals surface area contributed by atoms with Gasteiger partial charge in [0.05, 0.1) is 11.7 Å². The van der Waals surface area contributed by atoms with Crippen molar-refractivity contribution < 1.29 is 13.9 Å². The molecule has 0 amide bonds. The molecule has 1 unspecified atom stereocenters. The number of aromatic nitrogens is 2. The van der Waals surface area contributed by atoms with E-state index in [2.05, 4.69) is 14.1 Å². The lowest BCUT2D eigenvalue weighted by Gasteiger charge is -2.09. The van der Waals surface area contributed by atoms with Crippen LogP contribution in [0.2, 0.25) is 5.15 Å². The third kappa shape index (κ3) is 3.02. The third-order valence-electron chi connectivity index (χ3n) is 1.22. The largest absolute Gasteiger partial charge is 0.385 e. The molecule has 0 aliphatic heterocycles. The SMILES string of the molecule is OC(CNc1nsnc1Cl)C(F)F. The van der Waals surface area contributed by atoms with Gasteiger partial charge in [0, 0.05) is 6.54 Å². The maximum absolute atomic E-state index is 11.8. The Morgan fingerprint density at radius 1 is 1.54 bits per heavy atom. The second-order valence-corrected chi connectivity index (χ2v) is 3.07. The maximum atomic E-state index is 11.8. The van der Waals surface area contributed by atoms with Gasteiger partial charge in [-0.05, 0) is 0 Å². The van der Waals surface area contributed by atoms with E-state index < -0.39 is 12.5 Å². The van der Waals surface area contributed by atoms with E-state index in [-0.39, 0.29) is 17.5 Å². The monoisotopic (exact) mass is 229 g/mol. The Bertz CT molecular complexity index is 272. The molecule has 0 bridgehead atoms. The molecule has 1 atom stereocenters. The molecule has 1 rings (SSSR count). The van der Waals surface area contributed by atoms with Crippen LogP contribution in [0.1, 0.15) is 0 Å². The summed E-state index contributed by atoms with van der Waals surface area (Å²) in [4.78, 5) is 0. The molecule has 0 fully saturated rings. The third-order valence-corrected chi connectivity index (χ3v) is 2.11. The van der Waals surface area contributed by atoms with Gasteiger partial charge in [-0.15, -0.1) is 0 Å². The fraction of sp³-hybridized carbons (Fsp3) is 0.600. The molecular weight excluding hydrogens is 224 g/mol. The number of hydrogen-bond donors (Lipinski definition) is 2. The summed E-state index contributed by atoms with van der Waals surface area (Å²) in [6.07, 6.45) is -4.50. The Morgan fingerprint density at radius 2 is 2.23 bits per heavy atom. The molecule has 1 aromatic rings. The quantitative estimate of drug-likeness (QED) is 0.816. The molecule has 4 nitrogen and oxygen atoms in total. The summed E-state index contributed by atoms with van der Waals surface area (Å²) in [7, 11) is 0. The van der Waals surface area contributed by atoms with Crippen LogP contribution in [0.5, 0.6) is 0 Å². The highest BCUT2D eigenvalue weighted by atomic mass is 35.5. The lowest BCUT2D eigenvalue weighted by atomic mass is 10.4. The van der Waals surface area contributed by atoms with Crippen LogP contribution in [0.3, 0.4) is 0 Å². The molecule has 0 radical (unpaired) electrons. The van der Waals surface area contributed by atoms with E-state index in [0.29, 0.717) is 0 Å². The Balaban J connectivity index is 2.39. The predicted octanol–water partition coefficient (Wildman–Crippen LogP) is 1.23. The molecule has 0 aromatic carbocycles. The average Bonchev–Trinajstić information content (AvgIpc) is 2.47. The first-order valence-electron chi connectivity index (χ1n) is 3.29. The van der Waals surface area contributed by atoms with Crippen LogP contribution in [-0.2, 0) is 0 Å². The van der Waals surface area contributed by atoms with Gasteiger partial charge in [-0.1, -0.05) is 11.6 Å². The van der Waals surface area contributed by atoms with E-state index in [4.69, 9.17) is 16.7 Å². The van der Waals surface area contributed by atoms with Gasteiger partial charge in [-0.3, -0.25) is 0 Å². The van der Waals surface area contributed by atoms with Gasteiger partial charge >= 0.3 is 0 Å². The number of anilines is 1. The zero-order chi connectivity index (χ0) is 9.84. The smallest absolute Gasteiger partial charge is 0.265 e. The molecule has 0 aliphatic rings. The van der Waals surface area contributed by atoms with Gasteiger partial charge in [0.15, 0.2) is 11.0 Å². The molecular formula is C5H6ClF2N3OS. The summed E-state index contributed by atoms with van der Waals surface area (Å²) in [5, 5.41) is 11.3. The zero-order valence-electron chi connectivity index (χ0n) is 6.25. The summed E-state index contributed by atoms with van der Waals surface area (Å²) in [5.74, 6) is 0.214. The molecule has 13 heavy (non-hydrogen) atoms. The molecule has 1 aromatic heterocycles. The van der Waals surface area contributed by atoms with E-state index >= 15 is 0 Å². The van der Waals surface area contributed by atoms with E-state index in [9.17, 15) is 8.78 Å². The summed E-state index contributed by atoms with van der Waals surface area (Å²) in [5.41, 5.74) is 0. The van der Waals surface area contributed by atoms with Crippen LogP contribution in [0, 0.1) is 0 Å². The fourth-order valence-electron chi connectivity index (χ4n) is 0.574. The van der Waals surface area contributed by atoms with Gasteiger partial charge in [-0.2, -0.15) is 8.75 Å². The minimum Gasteiger partial charge on any atom is -0.385 e. The van der Waals surface area contributed by atoms with Crippen molar-refractivity contribution in [2.24, 2.45) is 0 Å². The van der Waals surface area contributed by atoms with Gasteiger partial charge in [0.25, 0.3) is 6.43 Å². The van der Waals surface area contributed by atoms with Gasteiger partial charge in [0.1, 0.15) is 6.10 Å². The highest BCUT2D eigenvalue weighted by molar-refractivity contribution is 6.99. The maximum Gasteiger partial charge on any atom is 0.265 e. The van der Waals surface area contributed by atoms with Gasteiger partial charge in [-0.25, -0.2) is 8.78 Å². The topological polar surface area (TPSA) is 58.0 Å². The average molecular weight is 230 g/mol. The van der Waals surface area contributed by atoms with E-state index in [1.165, 1.54) is 0 Å². The zero-order valence-corrected chi connectivity index (χ0v) is 7.82. The van der Waals surface area contributed by atoms with Crippen LogP contribution in [0.25, 0.3) is 0 Å². The number of halogens is 3. The summed E-state index contributed by atoms with van der Waals surface area (Å²) >= 11 is 6.37. The minimum atomic E-state index is -2.78. The Hall–Kier alpha value is -0.530. The molecule has 2 N–H and O–H groups in total. The van der Waals surface area contributed by atoms with Gasteiger partial charge in [0.2, 0.25) is 0 Å². The van der Waals surface area contributed by atoms with Crippen LogP contribution in [0.4, 0.5) is 14.6 Å². The van der Waals surface area contributed by atoms with Crippen molar-refractivity contribution in [3.63, 3.8) is 0 Å². The minimum absolute atomic E-state index is 0.117. The molecule has 0 spiro atoms. The number of rotatable bonds is 4. The van der Waals surface area contributed by atoms with Crippen molar-refractivity contribution in [2.45, 2.75) is 12.5 Å². The summed E-state index contributed by atoms with van der Waals surface area (Å²) in [6.45, 7) is -0.303. The lowest BCUT2D eigenvalue weighted by molar-refractivity contribution is 0.00381. The van der Waals surface area contributed by atoms with Crippen molar-refractivity contribution in [2.75, 3.05) is 11.9 Å². The van der Waals surface area contributed by atoms with Crippen molar-refractivity contribution in [3.8, 4) is 0 Å². The van der Waals surface area contributed by atoms with Crippen molar-refractivity contribution >= 4 is 29.1 Å². The van der Waals surface area contributed by atoms with Crippen LogP contribution in [-0.4, -0.2) is 32.9 Å². The van der Waals surface area contributed by atoms with E-state index in [1.807, 2.05) is 0 Å². The first kappa shape index (κ1) is 10.6.